The van der Waals surface area contributed by atoms with Crippen LogP contribution in [0.15, 0.2) is 18.2 Å². The highest BCUT2D eigenvalue weighted by molar-refractivity contribution is 5.91. The molecular weight excluding hydrogens is 341 g/mol. The molecule has 2 amide bonds. The summed E-state index contributed by atoms with van der Waals surface area (Å²) in [6.07, 6.45) is -4.12. The second kappa shape index (κ2) is 6.81. The first kappa shape index (κ1) is 18.9. The Balaban J connectivity index is 2.05. The van der Waals surface area contributed by atoms with Crippen molar-refractivity contribution in [1.82, 2.24) is 4.90 Å². The van der Waals surface area contributed by atoms with Crippen LogP contribution < -0.4 is 10.1 Å². The van der Waals surface area contributed by atoms with Gasteiger partial charge >= 0.3 is 18.2 Å². The number of carbonyl (C=O) groups excluding carboxylic acids is 1. The number of ether oxygens (including phenoxy) is 1. The van der Waals surface area contributed by atoms with Crippen LogP contribution in [0.4, 0.5) is 23.7 Å². The molecule has 6 nitrogen and oxygen atoms in total. The van der Waals surface area contributed by atoms with E-state index in [4.69, 9.17) is 4.74 Å². The highest BCUT2D eigenvalue weighted by Gasteiger charge is 2.42. The molecule has 0 bridgehead atoms. The Bertz CT molecular complexity index is 678. The van der Waals surface area contributed by atoms with Gasteiger partial charge in [0.05, 0.1) is 5.41 Å². The lowest BCUT2D eigenvalue weighted by Crippen LogP contribution is -2.37. The van der Waals surface area contributed by atoms with Gasteiger partial charge in [0.1, 0.15) is 5.75 Å². The molecule has 2 N–H and O–H groups in total. The van der Waals surface area contributed by atoms with Crippen LogP contribution in [0.3, 0.4) is 0 Å². The first-order chi connectivity index (χ1) is 11.5. The second-order valence-corrected chi connectivity index (χ2v) is 6.30. The van der Waals surface area contributed by atoms with Gasteiger partial charge in [-0.05, 0) is 32.4 Å². The minimum Gasteiger partial charge on any atom is -0.484 e. The average Bonchev–Trinajstić information content (AvgIpc) is 2.91. The minimum atomic E-state index is -4.46. The zero-order valence-corrected chi connectivity index (χ0v) is 13.8. The average molecular weight is 360 g/mol. The molecular formula is C16H19F3N2O4. The molecule has 1 aliphatic rings. The third-order valence-corrected chi connectivity index (χ3v) is 4.19. The SMILES string of the molecule is Cc1c(NC(=O)N2CCC(C)(C(=O)O)C2)cccc1OCC(F)(F)F. The molecule has 0 aromatic heterocycles. The van der Waals surface area contributed by atoms with E-state index >= 15 is 0 Å². The molecule has 9 heteroatoms. The van der Waals surface area contributed by atoms with Crippen molar-refractivity contribution in [2.45, 2.75) is 26.4 Å². The predicted molar refractivity (Wildman–Crippen MR) is 83.7 cm³/mol. The first-order valence-electron chi connectivity index (χ1n) is 7.60. The number of halogens is 3. The Morgan fingerprint density at radius 3 is 2.64 bits per heavy atom. The van der Waals surface area contributed by atoms with E-state index in [2.05, 4.69) is 5.32 Å². The molecule has 1 unspecified atom stereocenters. The maximum atomic E-state index is 12.3. The molecule has 1 aliphatic heterocycles. The molecule has 0 radical (unpaired) electrons. The number of nitrogens with one attached hydrogen (secondary N) is 1. The van der Waals surface area contributed by atoms with Crippen LogP contribution in [-0.2, 0) is 4.79 Å². The topological polar surface area (TPSA) is 78.9 Å². The molecule has 1 heterocycles. The van der Waals surface area contributed by atoms with Crippen molar-refractivity contribution in [3.05, 3.63) is 23.8 Å². The number of anilines is 1. The number of benzene rings is 1. The smallest absolute Gasteiger partial charge is 0.422 e. The van der Waals surface area contributed by atoms with E-state index < -0.39 is 30.2 Å². The number of hydrogen-bond donors (Lipinski definition) is 2. The number of carboxylic acids is 1. The molecule has 2 rings (SSSR count). The monoisotopic (exact) mass is 360 g/mol. The number of aliphatic carboxylic acids is 1. The van der Waals surface area contributed by atoms with E-state index in [1.54, 1.807) is 13.0 Å². The van der Waals surface area contributed by atoms with Gasteiger partial charge in [-0.2, -0.15) is 13.2 Å². The highest BCUT2D eigenvalue weighted by Crippen LogP contribution is 2.31. The van der Waals surface area contributed by atoms with Crippen molar-refractivity contribution in [3.63, 3.8) is 0 Å². The summed E-state index contributed by atoms with van der Waals surface area (Å²) in [6, 6.07) is 3.90. The van der Waals surface area contributed by atoms with Crippen LogP contribution in [-0.4, -0.2) is 47.9 Å². The molecule has 25 heavy (non-hydrogen) atoms. The predicted octanol–water partition coefficient (Wildman–Crippen LogP) is 3.26. The van der Waals surface area contributed by atoms with Gasteiger partial charge in [0.2, 0.25) is 0 Å². The number of rotatable bonds is 4. The van der Waals surface area contributed by atoms with Crippen LogP contribution in [0, 0.1) is 12.3 Å². The Kier molecular flexibility index (Phi) is 5.15. The number of carbonyl (C=O) groups is 2. The molecule has 0 spiro atoms. The van der Waals surface area contributed by atoms with Crippen molar-refractivity contribution in [2.24, 2.45) is 5.41 Å². The summed E-state index contributed by atoms with van der Waals surface area (Å²) in [5.41, 5.74) is -0.321. The lowest BCUT2D eigenvalue weighted by molar-refractivity contribution is -0.153. The Morgan fingerprint density at radius 1 is 1.40 bits per heavy atom. The number of urea groups is 1. The van der Waals surface area contributed by atoms with Crippen LogP contribution in [0.1, 0.15) is 18.9 Å². The molecule has 1 fully saturated rings. The van der Waals surface area contributed by atoms with Gasteiger partial charge < -0.3 is 20.1 Å². The fourth-order valence-corrected chi connectivity index (χ4v) is 2.57. The van der Waals surface area contributed by atoms with E-state index in [9.17, 15) is 27.9 Å². The molecule has 138 valence electrons. The summed E-state index contributed by atoms with van der Waals surface area (Å²) in [5, 5.41) is 11.8. The van der Waals surface area contributed by atoms with Crippen LogP contribution >= 0.6 is 0 Å². The number of carboxylic acid groups (broad SMARTS) is 1. The zero-order valence-electron chi connectivity index (χ0n) is 13.8. The summed E-state index contributed by atoms with van der Waals surface area (Å²) in [7, 11) is 0. The summed E-state index contributed by atoms with van der Waals surface area (Å²) < 4.78 is 41.6. The van der Waals surface area contributed by atoms with E-state index in [1.165, 1.54) is 24.0 Å². The molecule has 1 aromatic rings. The van der Waals surface area contributed by atoms with Gasteiger partial charge in [0.15, 0.2) is 6.61 Å². The Labute approximate surface area is 142 Å². The summed E-state index contributed by atoms with van der Waals surface area (Å²) in [4.78, 5) is 24.9. The molecule has 0 aliphatic carbocycles. The van der Waals surface area contributed by atoms with Gasteiger partial charge in [0, 0.05) is 24.3 Å². The van der Waals surface area contributed by atoms with Crippen LogP contribution in [0.2, 0.25) is 0 Å². The first-order valence-corrected chi connectivity index (χ1v) is 7.60. The van der Waals surface area contributed by atoms with Gasteiger partial charge in [0.25, 0.3) is 0 Å². The quantitative estimate of drug-likeness (QED) is 0.864. The van der Waals surface area contributed by atoms with Gasteiger partial charge in [-0.1, -0.05) is 6.07 Å². The van der Waals surface area contributed by atoms with Gasteiger partial charge in [-0.3, -0.25) is 4.79 Å². The zero-order chi connectivity index (χ0) is 18.8. The molecule has 1 aromatic carbocycles. The Hall–Kier alpha value is -2.45. The van der Waals surface area contributed by atoms with E-state index in [-0.39, 0.29) is 18.8 Å². The minimum absolute atomic E-state index is 0.0203. The number of alkyl halides is 3. The van der Waals surface area contributed by atoms with E-state index in [0.717, 1.165) is 0 Å². The number of nitrogens with zero attached hydrogens (tertiary/aromatic N) is 1. The maximum Gasteiger partial charge on any atom is 0.422 e. The Morgan fingerprint density at radius 2 is 2.08 bits per heavy atom. The van der Waals surface area contributed by atoms with Gasteiger partial charge in [-0.25, -0.2) is 4.79 Å². The van der Waals surface area contributed by atoms with E-state index in [1.807, 2.05) is 0 Å². The number of likely N-dealkylation sites (tertiary alicyclic amines) is 1. The molecule has 1 atom stereocenters. The van der Waals surface area contributed by atoms with E-state index in [0.29, 0.717) is 17.7 Å². The molecule has 0 saturated carbocycles. The molecule has 1 saturated heterocycles. The van der Waals surface area contributed by atoms with Crippen LogP contribution in [0.25, 0.3) is 0 Å². The van der Waals surface area contributed by atoms with Crippen molar-refractivity contribution in [3.8, 4) is 5.75 Å². The maximum absolute atomic E-state index is 12.3. The largest absolute Gasteiger partial charge is 0.484 e. The van der Waals surface area contributed by atoms with Crippen molar-refractivity contribution < 1.29 is 32.6 Å². The van der Waals surface area contributed by atoms with Crippen molar-refractivity contribution in [2.75, 3.05) is 25.0 Å². The van der Waals surface area contributed by atoms with Crippen LogP contribution in [0.5, 0.6) is 5.75 Å². The summed E-state index contributed by atoms with van der Waals surface area (Å²) in [6.45, 7) is 2.04. The number of amides is 2. The fourth-order valence-electron chi connectivity index (χ4n) is 2.57. The standard InChI is InChI=1S/C16H19F3N2O4/c1-10-11(4-3-5-12(10)25-9-16(17,18)19)20-14(24)21-7-6-15(2,8-21)13(22)23/h3-5H,6-9H2,1-2H3,(H,20,24)(H,22,23). The fraction of sp³-hybridized carbons (Fsp3) is 0.500. The lowest BCUT2D eigenvalue weighted by Gasteiger charge is -2.21. The third kappa shape index (κ3) is 4.55. The van der Waals surface area contributed by atoms with Gasteiger partial charge in [-0.15, -0.1) is 0 Å². The summed E-state index contributed by atoms with van der Waals surface area (Å²) >= 11 is 0. The lowest BCUT2D eigenvalue weighted by atomic mass is 9.90. The van der Waals surface area contributed by atoms with Crippen molar-refractivity contribution >= 4 is 17.7 Å². The number of hydrogen-bond acceptors (Lipinski definition) is 3. The highest BCUT2D eigenvalue weighted by atomic mass is 19.4. The third-order valence-electron chi connectivity index (χ3n) is 4.19. The van der Waals surface area contributed by atoms with Crippen molar-refractivity contribution in [1.29, 1.82) is 0 Å². The summed E-state index contributed by atoms with van der Waals surface area (Å²) in [5.74, 6) is -0.951. The normalized spacial score (nSPS) is 20.4. The second-order valence-electron chi connectivity index (χ2n) is 6.30.